The van der Waals surface area contributed by atoms with Gasteiger partial charge in [0, 0.05) is 24.7 Å². The van der Waals surface area contributed by atoms with Crippen molar-refractivity contribution in [1.29, 1.82) is 5.26 Å². The van der Waals surface area contributed by atoms with Crippen LogP contribution in [-0.2, 0) is 10.3 Å². The molecule has 1 heterocycles. The summed E-state index contributed by atoms with van der Waals surface area (Å²) in [5, 5.41) is 13.2. The van der Waals surface area contributed by atoms with Crippen LogP contribution in [0, 0.1) is 22.1 Å². The molecule has 7 heteroatoms. The van der Waals surface area contributed by atoms with Gasteiger partial charge in [0.05, 0.1) is 22.5 Å². The lowest BCUT2D eigenvalue weighted by molar-refractivity contribution is 0.00564. The Morgan fingerprint density at radius 1 is 1.27 bits per heavy atom. The summed E-state index contributed by atoms with van der Waals surface area (Å²) in [6.07, 6.45) is 0.912. The number of nitrogens with zero attached hydrogens (tertiary/aromatic N) is 3. The number of nitroso groups, excluding NO2 is 1. The average molecular weight is 353 g/mol. The molecule has 0 fully saturated rings. The van der Waals surface area contributed by atoms with Crippen LogP contribution in [0.1, 0.15) is 39.9 Å². The molecule has 3 rings (SSSR count). The normalized spacial score (nSPS) is 18.0. The van der Waals surface area contributed by atoms with Gasteiger partial charge in [-0.1, -0.05) is 18.2 Å². The van der Waals surface area contributed by atoms with Crippen molar-refractivity contribution in [2.24, 2.45) is 5.29 Å². The number of rotatable bonds is 6. The molecule has 1 unspecified atom stereocenters. The van der Waals surface area contributed by atoms with Crippen molar-refractivity contribution in [1.82, 2.24) is 5.01 Å². The Morgan fingerprint density at radius 3 is 2.65 bits per heavy atom. The number of hydrogen-bond donors (Lipinski definition) is 0. The summed E-state index contributed by atoms with van der Waals surface area (Å²) in [4.78, 5) is 23.0. The zero-order valence-corrected chi connectivity index (χ0v) is 14.1. The zero-order valence-electron chi connectivity index (χ0n) is 14.1. The summed E-state index contributed by atoms with van der Waals surface area (Å²) < 4.78 is 19.1. The minimum absolute atomic E-state index is 0.329. The largest absolute Gasteiger partial charge is 0.446 e. The molecule has 1 aliphatic rings. The molecule has 26 heavy (non-hydrogen) atoms. The Hall–Kier alpha value is -3.27. The maximum Gasteiger partial charge on any atom is 0.339 e. The van der Waals surface area contributed by atoms with E-state index in [2.05, 4.69) is 5.29 Å². The maximum absolute atomic E-state index is 13.4. The molecule has 0 bridgehead atoms. The van der Waals surface area contributed by atoms with Crippen molar-refractivity contribution < 1.29 is 13.9 Å². The van der Waals surface area contributed by atoms with Crippen LogP contribution in [0.5, 0.6) is 0 Å². The van der Waals surface area contributed by atoms with Crippen LogP contribution < -0.4 is 0 Å². The molecule has 1 atom stereocenters. The molecule has 0 spiro atoms. The molecule has 0 aromatic heterocycles. The predicted molar refractivity (Wildman–Crippen MR) is 91.4 cm³/mol. The Bertz CT molecular complexity index is 892. The molecule has 1 aliphatic heterocycles. The van der Waals surface area contributed by atoms with Gasteiger partial charge in [0.2, 0.25) is 0 Å². The number of nitriles is 1. The number of hydrogen-bond acceptors (Lipinski definition) is 5. The summed E-state index contributed by atoms with van der Waals surface area (Å²) in [6, 6.07) is 12.6. The minimum Gasteiger partial charge on any atom is -0.446 e. The number of esters is 1. The number of ether oxygens (including phenoxy) is 1. The fourth-order valence-electron chi connectivity index (χ4n) is 3.26. The average Bonchev–Trinajstić information content (AvgIpc) is 2.94. The van der Waals surface area contributed by atoms with E-state index < -0.39 is 17.4 Å². The Morgan fingerprint density at radius 2 is 2.00 bits per heavy atom. The monoisotopic (exact) mass is 353 g/mol. The summed E-state index contributed by atoms with van der Waals surface area (Å²) >= 11 is 0. The van der Waals surface area contributed by atoms with E-state index >= 15 is 0 Å². The summed E-state index contributed by atoms with van der Waals surface area (Å²) in [6.45, 7) is 0.385. The van der Waals surface area contributed by atoms with E-state index in [9.17, 15) is 14.1 Å². The first kappa shape index (κ1) is 17.5. The quantitative estimate of drug-likeness (QED) is 0.451. The minimum atomic E-state index is -1.09. The second-order valence-corrected chi connectivity index (χ2v) is 6.16. The van der Waals surface area contributed by atoms with Gasteiger partial charge in [0.1, 0.15) is 5.82 Å². The molecule has 0 aliphatic carbocycles. The molecule has 0 saturated heterocycles. The first-order valence-corrected chi connectivity index (χ1v) is 8.08. The smallest absolute Gasteiger partial charge is 0.339 e. The third-order valence-electron chi connectivity index (χ3n) is 4.53. The number of fused-ring (bicyclic) bond motifs is 1. The SMILES string of the molecule is CN(CCCC1(c2ccc(F)cc2)OC(=O)c2cc(C#N)ccc21)N=O. The number of halogens is 1. The molecule has 0 amide bonds. The molecule has 0 N–H and O–H groups in total. The third kappa shape index (κ3) is 3.02. The van der Waals surface area contributed by atoms with Gasteiger partial charge in [-0.25, -0.2) is 9.18 Å². The zero-order chi connectivity index (χ0) is 18.7. The summed E-state index contributed by atoms with van der Waals surface area (Å²) in [5.74, 6) is -0.915. The van der Waals surface area contributed by atoms with Crippen LogP contribution >= 0.6 is 0 Å². The van der Waals surface area contributed by atoms with E-state index in [4.69, 9.17) is 10.00 Å². The molecule has 6 nitrogen and oxygen atoms in total. The van der Waals surface area contributed by atoms with Gasteiger partial charge < -0.3 is 4.74 Å². The van der Waals surface area contributed by atoms with E-state index in [1.165, 1.54) is 23.2 Å². The number of cyclic esters (lactones) is 1. The highest BCUT2D eigenvalue weighted by Crippen LogP contribution is 2.45. The lowest BCUT2D eigenvalue weighted by Gasteiger charge is -2.30. The Balaban J connectivity index is 2.06. The van der Waals surface area contributed by atoms with Gasteiger partial charge in [0.15, 0.2) is 5.60 Å². The summed E-state index contributed by atoms with van der Waals surface area (Å²) in [5.41, 5.74) is 0.876. The molecule has 0 saturated carbocycles. The lowest BCUT2D eigenvalue weighted by Crippen LogP contribution is -2.29. The third-order valence-corrected chi connectivity index (χ3v) is 4.53. The van der Waals surface area contributed by atoms with Gasteiger partial charge in [-0.15, -0.1) is 4.91 Å². The predicted octanol–water partition coefficient (Wildman–Crippen LogP) is 3.50. The van der Waals surface area contributed by atoms with Crippen LogP contribution in [0.3, 0.4) is 0 Å². The van der Waals surface area contributed by atoms with E-state index in [1.54, 1.807) is 31.3 Å². The molecule has 2 aromatic carbocycles. The van der Waals surface area contributed by atoms with Gasteiger partial charge in [-0.2, -0.15) is 5.26 Å². The first-order chi connectivity index (χ1) is 12.5. The van der Waals surface area contributed by atoms with E-state index in [0.29, 0.717) is 41.6 Å². The van der Waals surface area contributed by atoms with Crippen LogP contribution in [0.25, 0.3) is 0 Å². The van der Waals surface area contributed by atoms with E-state index in [0.717, 1.165) is 0 Å². The molecule has 0 radical (unpaired) electrons. The lowest BCUT2D eigenvalue weighted by atomic mass is 9.81. The van der Waals surface area contributed by atoms with Crippen LogP contribution in [0.15, 0.2) is 47.8 Å². The van der Waals surface area contributed by atoms with Crippen LogP contribution in [-0.4, -0.2) is 24.6 Å². The van der Waals surface area contributed by atoms with E-state index in [-0.39, 0.29) is 0 Å². The highest BCUT2D eigenvalue weighted by atomic mass is 19.1. The standard InChI is InChI=1S/C19H16FN3O3/c1-23(22-25)10-2-9-19(14-4-6-15(20)7-5-14)17-8-3-13(12-21)11-16(17)18(24)26-19/h3-8,11H,2,9-10H2,1H3. The van der Waals surface area contributed by atoms with Crippen molar-refractivity contribution in [3.8, 4) is 6.07 Å². The Labute approximate surface area is 149 Å². The van der Waals surface area contributed by atoms with Crippen molar-refractivity contribution in [3.05, 3.63) is 75.4 Å². The fraction of sp³-hybridized carbons (Fsp3) is 0.263. The van der Waals surface area contributed by atoms with Crippen molar-refractivity contribution in [2.75, 3.05) is 13.6 Å². The topological polar surface area (TPSA) is 82.8 Å². The summed E-state index contributed by atoms with van der Waals surface area (Å²) in [7, 11) is 1.56. The molecule has 132 valence electrons. The van der Waals surface area contributed by atoms with Crippen molar-refractivity contribution in [3.63, 3.8) is 0 Å². The fourth-order valence-corrected chi connectivity index (χ4v) is 3.26. The second-order valence-electron chi connectivity index (χ2n) is 6.16. The van der Waals surface area contributed by atoms with Crippen molar-refractivity contribution in [2.45, 2.75) is 18.4 Å². The molecule has 2 aromatic rings. The molecular formula is C19H16FN3O3. The van der Waals surface area contributed by atoms with Crippen LogP contribution in [0.4, 0.5) is 4.39 Å². The van der Waals surface area contributed by atoms with Gasteiger partial charge in [-0.3, -0.25) is 5.01 Å². The number of carbonyl (C=O) groups is 1. The Kier molecular flexibility index (Phi) is 4.67. The highest BCUT2D eigenvalue weighted by Gasteiger charge is 2.46. The maximum atomic E-state index is 13.4. The van der Waals surface area contributed by atoms with Gasteiger partial charge in [0.25, 0.3) is 0 Å². The van der Waals surface area contributed by atoms with Gasteiger partial charge in [-0.05, 0) is 37.1 Å². The van der Waals surface area contributed by atoms with E-state index in [1.807, 2.05) is 6.07 Å². The number of benzene rings is 2. The number of carbonyl (C=O) groups excluding carboxylic acids is 1. The van der Waals surface area contributed by atoms with Crippen molar-refractivity contribution >= 4 is 5.97 Å². The molecular weight excluding hydrogens is 337 g/mol. The van der Waals surface area contributed by atoms with Crippen LogP contribution in [0.2, 0.25) is 0 Å². The highest BCUT2D eigenvalue weighted by molar-refractivity contribution is 5.95. The first-order valence-electron chi connectivity index (χ1n) is 8.08. The second kappa shape index (κ2) is 6.92. The van der Waals surface area contributed by atoms with Gasteiger partial charge >= 0.3 is 5.97 Å².